The van der Waals surface area contributed by atoms with Gasteiger partial charge in [-0.1, -0.05) is 18.6 Å². The van der Waals surface area contributed by atoms with Gasteiger partial charge < -0.3 is 0 Å². The molecule has 1 unspecified atom stereocenters. The smallest absolute Gasteiger partial charge is 0.123 e. The van der Waals surface area contributed by atoms with Crippen molar-refractivity contribution >= 4 is 0 Å². The fourth-order valence-corrected chi connectivity index (χ4v) is 2.40. The number of nitrogens with zero attached hydrogens (tertiary/aromatic N) is 1. The summed E-state index contributed by atoms with van der Waals surface area (Å²) in [6.45, 7) is 4.42. The third-order valence-electron chi connectivity index (χ3n) is 3.19. The number of rotatable bonds is 4. The van der Waals surface area contributed by atoms with Crippen molar-refractivity contribution in [3.05, 3.63) is 35.6 Å². The molecule has 1 fully saturated rings. The molecule has 1 atom stereocenters. The van der Waals surface area contributed by atoms with E-state index in [-0.39, 0.29) is 5.82 Å². The normalized spacial score (nSPS) is 19.2. The Labute approximate surface area is 103 Å². The summed E-state index contributed by atoms with van der Waals surface area (Å²) in [5.74, 6) is -0.146. The topological polar surface area (TPSA) is 15.3 Å². The summed E-state index contributed by atoms with van der Waals surface area (Å²) in [4.78, 5) is 0. The van der Waals surface area contributed by atoms with Crippen molar-refractivity contribution in [3.63, 3.8) is 0 Å². The van der Waals surface area contributed by atoms with E-state index >= 15 is 0 Å². The zero-order valence-corrected chi connectivity index (χ0v) is 10.5. The van der Waals surface area contributed by atoms with Crippen molar-refractivity contribution in [2.75, 3.05) is 13.1 Å². The predicted molar refractivity (Wildman–Crippen MR) is 68.1 cm³/mol. The molecule has 3 heteroatoms. The molecule has 0 aromatic heterocycles. The van der Waals surface area contributed by atoms with Crippen molar-refractivity contribution in [2.45, 2.75) is 38.6 Å². The molecule has 1 saturated heterocycles. The van der Waals surface area contributed by atoms with E-state index in [1.807, 2.05) is 6.07 Å². The molecular formula is C14H21FN2. The van der Waals surface area contributed by atoms with E-state index in [1.54, 1.807) is 12.1 Å². The van der Waals surface area contributed by atoms with E-state index in [9.17, 15) is 4.39 Å². The van der Waals surface area contributed by atoms with E-state index in [0.29, 0.717) is 6.04 Å². The van der Waals surface area contributed by atoms with Crippen molar-refractivity contribution < 1.29 is 4.39 Å². The molecule has 1 aromatic carbocycles. The van der Waals surface area contributed by atoms with E-state index in [2.05, 4.69) is 17.4 Å². The van der Waals surface area contributed by atoms with Crippen LogP contribution >= 0.6 is 0 Å². The summed E-state index contributed by atoms with van der Waals surface area (Å²) in [5.41, 5.74) is 4.56. The molecule has 1 heterocycles. The van der Waals surface area contributed by atoms with Crippen LogP contribution in [0.5, 0.6) is 0 Å². The van der Waals surface area contributed by atoms with Gasteiger partial charge in [-0.05, 0) is 43.9 Å². The number of hydrazine groups is 1. The molecule has 0 spiro atoms. The van der Waals surface area contributed by atoms with Gasteiger partial charge in [0.1, 0.15) is 5.82 Å². The summed E-state index contributed by atoms with van der Waals surface area (Å²) in [5, 5.41) is 2.30. The maximum absolute atomic E-state index is 13.0. The second-order valence-electron chi connectivity index (χ2n) is 4.91. The molecule has 2 nitrogen and oxygen atoms in total. The van der Waals surface area contributed by atoms with Gasteiger partial charge in [0.2, 0.25) is 0 Å². The molecule has 1 aliphatic rings. The zero-order valence-electron chi connectivity index (χ0n) is 10.5. The first-order valence-electron chi connectivity index (χ1n) is 6.49. The van der Waals surface area contributed by atoms with Crippen molar-refractivity contribution in [1.82, 2.24) is 10.4 Å². The number of hydrogen-bond acceptors (Lipinski definition) is 2. The van der Waals surface area contributed by atoms with E-state index < -0.39 is 0 Å². The quantitative estimate of drug-likeness (QED) is 0.864. The van der Waals surface area contributed by atoms with Crippen molar-refractivity contribution in [3.8, 4) is 0 Å². The van der Waals surface area contributed by atoms with Gasteiger partial charge in [0.15, 0.2) is 0 Å². The minimum absolute atomic E-state index is 0.146. The molecule has 1 aromatic rings. The van der Waals surface area contributed by atoms with Gasteiger partial charge in [-0.15, -0.1) is 0 Å². The fourth-order valence-electron chi connectivity index (χ4n) is 2.40. The minimum atomic E-state index is -0.146. The summed E-state index contributed by atoms with van der Waals surface area (Å²) in [6.07, 6.45) is 4.77. The van der Waals surface area contributed by atoms with Crippen molar-refractivity contribution in [1.29, 1.82) is 0 Å². The molecule has 0 bridgehead atoms. The molecule has 0 amide bonds. The maximum atomic E-state index is 13.0. The summed E-state index contributed by atoms with van der Waals surface area (Å²) in [7, 11) is 0. The van der Waals surface area contributed by atoms with Crippen LogP contribution in [0.25, 0.3) is 0 Å². The second-order valence-corrected chi connectivity index (χ2v) is 4.91. The SMILES string of the molecule is CC(Cc1cccc(F)c1)NN1CCCCC1. The van der Waals surface area contributed by atoms with Crippen LogP contribution in [-0.4, -0.2) is 24.1 Å². The van der Waals surface area contributed by atoms with Crippen LogP contribution in [0.1, 0.15) is 31.7 Å². The molecule has 94 valence electrons. The first-order chi connectivity index (χ1) is 8.24. The van der Waals surface area contributed by atoms with E-state index in [0.717, 1.165) is 25.1 Å². The highest BCUT2D eigenvalue weighted by Crippen LogP contribution is 2.09. The Morgan fingerprint density at radius 3 is 2.76 bits per heavy atom. The largest absolute Gasteiger partial charge is 0.252 e. The number of piperidine rings is 1. The first kappa shape index (κ1) is 12.5. The summed E-state index contributed by atoms with van der Waals surface area (Å²) < 4.78 is 13.0. The Kier molecular flexibility index (Phi) is 4.51. The van der Waals surface area contributed by atoms with Gasteiger partial charge >= 0.3 is 0 Å². The fraction of sp³-hybridized carbons (Fsp3) is 0.571. The third kappa shape index (κ3) is 4.10. The highest BCUT2D eigenvalue weighted by molar-refractivity contribution is 5.17. The molecule has 0 saturated carbocycles. The lowest BCUT2D eigenvalue weighted by molar-refractivity contribution is 0.132. The third-order valence-corrected chi connectivity index (χ3v) is 3.19. The van der Waals surface area contributed by atoms with Gasteiger partial charge in [0, 0.05) is 19.1 Å². The van der Waals surface area contributed by atoms with Crippen LogP contribution in [0.3, 0.4) is 0 Å². The van der Waals surface area contributed by atoms with Gasteiger partial charge in [0.25, 0.3) is 0 Å². The standard InChI is InChI=1S/C14H21FN2/c1-12(16-17-8-3-2-4-9-17)10-13-6-5-7-14(15)11-13/h5-7,11-12,16H,2-4,8-10H2,1H3. The van der Waals surface area contributed by atoms with Crippen molar-refractivity contribution in [2.24, 2.45) is 0 Å². The number of halogens is 1. The Morgan fingerprint density at radius 2 is 2.06 bits per heavy atom. The molecule has 0 radical (unpaired) electrons. The number of hydrogen-bond donors (Lipinski definition) is 1. The molecule has 2 rings (SSSR count). The van der Waals surface area contributed by atoms with Crippen LogP contribution < -0.4 is 5.43 Å². The Bertz CT molecular complexity index is 348. The van der Waals surface area contributed by atoms with Crippen LogP contribution in [-0.2, 0) is 6.42 Å². The highest BCUT2D eigenvalue weighted by Gasteiger charge is 2.12. The lowest BCUT2D eigenvalue weighted by Gasteiger charge is -2.30. The second kappa shape index (κ2) is 6.12. The maximum Gasteiger partial charge on any atom is 0.123 e. The Balaban J connectivity index is 1.82. The predicted octanol–water partition coefficient (Wildman–Crippen LogP) is 2.75. The average Bonchev–Trinajstić information content (AvgIpc) is 2.30. The van der Waals surface area contributed by atoms with E-state index in [4.69, 9.17) is 0 Å². The van der Waals surface area contributed by atoms with Crippen LogP contribution in [0, 0.1) is 5.82 Å². The lowest BCUT2D eigenvalue weighted by Crippen LogP contribution is -2.46. The van der Waals surface area contributed by atoms with Crippen LogP contribution in [0.15, 0.2) is 24.3 Å². The van der Waals surface area contributed by atoms with Crippen LogP contribution in [0.4, 0.5) is 4.39 Å². The Hall–Kier alpha value is -0.930. The van der Waals surface area contributed by atoms with Gasteiger partial charge in [-0.2, -0.15) is 0 Å². The Morgan fingerprint density at radius 1 is 1.29 bits per heavy atom. The highest BCUT2D eigenvalue weighted by atomic mass is 19.1. The lowest BCUT2D eigenvalue weighted by atomic mass is 10.1. The molecular weight excluding hydrogens is 215 g/mol. The monoisotopic (exact) mass is 236 g/mol. The molecule has 17 heavy (non-hydrogen) atoms. The zero-order chi connectivity index (χ0) is 12.1. The van der Waals surface area contributed by atoms with E-state index in [1.165, 1.54) is 25.3 Å². The number of nitrogens with one attached hydrogen (secondary N) is 1. The van der Waals surface area contributed by atoms with Gasteiger partial charge in [0.05, 0.1) is 0 Å². The van der Waals surface area contributed by atoms with Gasteiger partial charge in [-0.25, -0.2) is 9.40 Å². The van der Waals surface area contributed by atoms with Gasteiger partial charge in [-0.3, -0.25) is 5.43 Å². The summed E-state index contributed by atoms with van der Waals surface area (Å²) in [6, 6.07) is 7.23. The summed E-state index contributed by atoms with van der Waals surface area (Å²) >= 11 is 0. The minimum Gasteiger partial charge on any atom is -0.252 e. The molecule has 1 aliphatic heterocycles. The molecule has 1 N–H and O–H groups in total. The van der Waals surface area contributed by atoms with Crippen LogP contribution in [0.2, 0.25) is 0 Å². The first-order valence-corrected chi connectivity index (χ1v) is 6.49. The molecule has 0 aliphatic carbocycles. The average molecular weight is 236 g/mol. The number of benzene rings is 1.